The normalized spacial score (nSPS) is 18.6. The van der Waals surface area contributed by atoms with Crippen molar-refractivity contribution in [2.24, 2.45) is 0 Å². The number of ether oxygens (including phenoxy) is 1. The molecule has 1 aliphatic heterocycles. The molecule has 10 heteroatoms. The van der Waals surface area contributed by atoms with E-state index >= 15 is 0 Å². The third kappa shape index (κ3) is 5.53. The standard InChI is InChI=1S/C16H25N3O7/c1-3-13(22)19-7-5-6-12(19)15(24)17-10(8-20)14(23)18-11(9-21)16(25)26-4-2/h3,10-12,20-21H,1,4-9H2,2H3,(H,17,24)(H,18,23)/t10-,11-,12-/m0/s1. The maximum Gasteiger partial charge on any atom is 0.331 e. The van der Waals surface area contributed by atoms with Crippen LogP contribution in [-0.4, -0.2) is 83.3 Å². The van der Waals surface area contributed by atoms with E-state index in [1.54, 1.807) is 6.92 Å². The van der Waals surface area contributed by atoms with Gasteiger partial charge in [0.15, 0.2) is 6.04 Å². The Morgan fingerprint density at radius 2 is 1.88 bits per heavy atom. The quantitative estimate of drug-likeness (QED) is 0.263. The van der Waals surface area contributed by atoms with Crippen LogP contribution in [0.15, 0.2) is 12.7 Å². The molecule has 0 aromatic rings. The highest BCUT2D eigenvalue weighted by Gasteiger charge is 2.35. The first-order valence-electron chi connectivity index (χ1n) is 8.31. The Morgan fingerprint density at radius 3 is 2.42 bits per heavy atom. The third-order valence-corrected chi connectivity index (χ3v) is 3.90. The molecule has 0 unspecified atom stereocenters. The molecule has 1 fully saturated rings. The topological polar surface area (TPSA) is 145 Å². The number of likely N-dealkylation sites (tertiary alicyclic amines) is 1. The van der Waals surface area contributed by atoms with E-state index in [0.29, 0.717) is 19.4 Å². The van der Waals surface area contributed by atoms with Crippen molar-refractivity contribution in [3.05, 3.63) is 12.7 Å². The highest BCUT2D eigenvalue weighted by atomic mass is 16.5. The lowest BCUT2D eigenvalue weighted by Crippen LogP contribution is -2.57. The molecule has 0 spiro atoms. The molecule has 3 amide bonds. The summed E-state index contributed by atoms with van der Waals surface area (Å²) in [5.74, 6) is -2.67. The molecule has 0 saturated carbocycles. The van der Waals surface area contributed by atoms with E-state index in [0.717, 1.165) is 6.08 Å². The van der Waals surface area contributed by atoms with Gasteiger partial charge < -0.3 is 30.5 Å². The van der Waals surface area contributed by atoms with Crippen molar-refractivity contribution in [2.45, 2.75) is 37.9 Å². The van der Waals surface area contributed by atoms with E-state index in [9.17, 15) is 29.4 Å². The zero-order valence-corrected chi connectivity index (χ0v) is 14.6. The van der Waals surface area contributed by atoms with Gasteiger partial charge in [-0.15, -0.1) is 0 Å². The van der Waals surface area contributed by atoms with Gasteiger partial charge in [0.05, 0.1) is 19.8 Å². The van der Waals surface area contributed by atoms with Crippen molar-refractivity contribution < 1.29 is 34.1 Å². The van der Waals surface area contributed by atoms with Crippen molar-refractivity contribution in [1.82, 2.24) is 15.5 Å². The zero-order valence-electron chi connectivity index (χ0n) is 14.6. The SMILES string of the molecule is C=CC(=O)N1CCC[C@H]1C(=O)N[C@@H](CO)C(=O)N[C@@H](CO)C(=O)OCC. The number of nitrogens with one attached hydrogen (secondary N) is 2. The first-order chi connectivity index (χ1) is 12.4. The molecule has 1 aliphatic rings. The molecule has 0 bridgehead atoms. The van der Waals surface area contributed by atoms with Gasteiger partial charge in [-0.05, 0) is 25.8 Å². The number of carbonyl (C=O) groups is 4. The van der Waals surface area contributed by atoms with Gasteiger partial charge >= 0.3 is 5.97 Å². The van der Waals surface area contributed by atoms with Crippen molar-refractivity contribution >= 4 is 23.7 Å². The summed E-state index contributed by atoms with van der Waals surface area (Å²) in [7, 11) is 0. The summed E-state index contributed by atoms with van der Waals surface area (Å²) in [6.45, 7) is 4.01. The van der Waals surface area contributed by atoms with Crippen LogP contribution in [0.1, 0.15) is 19.8 Å². The van der Waals surface area contributed by atoms with E-state index in [-0.39, 0.29) is 6.61 Å². The van der Waals surface area contributed by atoms with Gasteiger partial charge in [0.1, 0.15) is 12.1 Å². The predicted octanol–water partition coefficient (Wildman–Crippen LogP) is -2.32. The molecule has 0 radical (unpaired) electrons. The molecule has 10 nitrogen and oxygen atoms in total. The van der Waals surface area contributed by atoms with Crippen molar-refractivity contribution in [1.29, 1.82) is 0 Å². The summed E-state index contributed by atoms with van der Waals surface area (Å²) in [6, 6.07) is -3.41. The average Bonchev–Trinajstić information content (AvgIpc) is 3.13. The van der Waals surface area contributed by atoms with Crippen LogP contribution in [0, 0.1) is 0 Å². The largest absolute Gasteiger partial charge is 0.464 e. The Balaban J connectivity index is 2.71. The molecule has 26 heavy (non-hydrogen) atoms. The lowest BCUT2D eigenvalue weighted by atomic mass is 10.1. The van der Waals surface area contributed by atoms with Gasteiger partial charge in [-0.3, -0.25) is 14.4 Å². The van der Waals surface area contributed by atoms with E-state index in [1.807, 2.05) is 0 Å². The van der Waals surface area contributed by atoms with Crippen LogP contribution in [-0.2, 0) is 23.9 Å². The second-order valence-corrected chi connectivity index (χ2v) is 5.63. The molecule has 3 atom stereocenters. The number of hydrogen-bond donors (Lipinski definition) is 4. The fourth-order valence-electron chi connectivity index (χ4n) is 2.58. The minimum Gasteiger partial charge on any atom is -0.464 e. The first-order valence-corrected chi connectivity index (χ1v) is 8.31. The molecule has 4 N–H and O–H groups in total. The highest BCUT2D eigenvalue weighted by molar-refractivity contribution is 5.95. The number of aliphatic hydroxyl groups excluding tert-OH is 2. The Bertz CT molecular complexity index is 552. The molecule has 0 aliphatic carbocycles. The Labute approximate surface area is 151 Å². The minimum atomic E-state index is -1.34. The summed E-state index contributed by atoms with van der Waals surface area (Å²) in [4.78, 5) is 49.2. The van der Waals surface area contributed by atoms with Gasteiger partial charge in [-0.25, -0.2) is 4.79 Å². The lowest BCUT2D eigenvalue weighted by Gasteiger charge is -2.25. The molecule has 1 rings (SSSR count). The summed E-state index contributed by atoms with van der Waals surface area (Å²) < 4.78 is 4.71. The molecule has 1 saturated heterocycles. The number of amides is 3. The smallest absolute Gasteiger partial charge is 0.331 e. The second-order valence-electron chi connectivity index (χ2n) is 5.63. The fraction of sp³-hybridized carbons (Fsp3) is 0.625. The molecular weight excluding hydrogens is 346 g/mol. The van der Waals surface area contributed by atoms with Gasteiger partial charge in [-0.1, -0.05) is 6.58 Å². The molecular formula is C16H25N3O7. The minimum absolute atomic E-state index is 0.0697. The van der Waals surface area contributed by atoms with E-state index in [4.69, 9.17) is 4.74 Å². The van der Waals surface area contributed by atoms with Crippen LogP contribution in [0.4, 0.5) is 0 Å². The maximum atomic E-state index is 12.4. The fourth-order valence-corrected chi connectivity index (χ4v) is 2.58. The molecule has 146 valence electrons. The summed E-state index contributed by atoms with van der Waals surface area (Å²) in [6.07, 6.45) is 2.16. The number of hydrogen-bond acceptors (Lipinski definition) is 7. The highest BCUT2D eigenvalue weighted by Crippen LogP contribution is 2.17. The second kappa shape index (κ2) is 10.5. The monoisotopic (exact) mass is 371 g/mol. The van der Waals surface area contributed by atoms with Crippen molar-refractivity contribution in [3.8, 4) is 0 Å². The Hall–Kier alpha value is -2.46. The van der Waals surface area contributed by atoms with Crippen LogP contribution in [0.2, 0.25) is 0 Å². The number of rotatable bonds is 9. The van der Waals surface area contributed by atoms with Crippen LogP contribution in [0.25, 0.3) is 0 Å². The lowest BCUT2D eigenvalue weighted by molar-refractivity contribution is -0.149. The van der Waals surface area contributed by atoms with Crippen LogP contribution in [0.3, 0.4) is 0 Å². The number of esters is 1. The van der Waals surface area contributed by atoms with Crippen LogP contribution >= 0.6 is 0 Å². The van der Waals surface area contributed by atoms with Crippen LogP contribution in [0.5, 0.6) is 0 Å². The third-order valence-electron chi connectivity index (χ3n) is 3.90. The molecule has 0 aromatic carbocycles. The number of carbonyl (C=O) groups excluding carboxylic acids is 4. The van der Waals surface area contributed by atoms with E-state index in [1.165, 1.54) is 4.90 Å². The maximum absolute atomic E-state index is 12.4. The van der Waals surface area contributed by atoms with Crippen molar-refractivity contribution in [2.75, 3.05) is 26.4 Å². The summed E-state index contributed by atoms with van der Waals surface area (Å²) in [5, 5.41) is 23.1. The Morgan fingerprint density at radius 1 is 1.23 bits per heavy atom. The van der Waals surface area contributed by atoms with Gasteiger partial charge in [0.2, 0.25) is 17.7 Å². The van der Waals surface area contributed by atoms with Gasteiger partial charge in [0.25, 0.3) is 0 Å². The van der Waals surface area contributed by atoms with Gasteiger partial charge in [-0.2, -0.15) is 0 Å². The summed E-state index contributed by atoms with van der Waals surface area (Å²) in [5.41, 5.74) is 0. The first kappa shape index (κ1) is 21.6. The number of aliphatic hydroxyl groups is 2. The van der Waals surface area contributed by atoms with Crippen molar-refractivity contribution in [3.63, 3.8) is 0 Å². The van der Waals surface area contributed by atoms with Gasteiger partial charge in [0, 0.05) is 6.54 Å². The number of nitrogens with zero attached hydrogens (tertiary/aromatic N) is 1. The Kier molecular flexibility index (Phi) is 8.73. The summed E-state index contributed by atoms with van der Waals surface area (Å²) >= 11 is 0. The van der Waals surface area contributed by atoms with E-state index in [2.05, 4.69) is 17.2 Å². The predicted molar refractivity (Wildman–Crippen MR) is 89.6 cm³/mol. The van der Waals surface area contributed by atoms with Crippen LogP contribution < -0.4 is 10.6 Å². The zero-order chi connectivity index (χ0) is 19.7. The molecule has 1 heterocycles. The average molecular weight is 371 g/mol. The molecule has 0 aromatic heterocycles. The van der Waals surface area contributed by atoms with E-state index < -0.39 is 55.0 Å².